The Bertz CT molecular complexity index is 974. The third-order valence-electron chi connectivity index (χ3n) is 6.24. The molecule has 7 heteroatoms. The van der Waals surface area contributed by atoms with Crippen LogP contribution < -0.4 is 10.6 Å². The second kappa shape index (κ2) is 11.7. The van der Waals surface area contributed by atoms with E-state index in [1.54, 1.807) is 0 Å². The van der Waals surface area contributed by atoms with Crippen molar-refractivity contribution < 1.29 is 24.2 Å². The Kier molecular flexibility index (Phi) is 8.68. The zero-order valence-electron chi connectivity index (χ0n) is 20.0. The van der Waals surface area contributed by atoms with Crippen LogP contribution >= 0.6 is 0 Å². The summed E-state index contributed by atoms with van der Waals surface area (Å²) in [5.74, 6) is -1.63. The second-order valence-corrected chi connectivity index (χ2v) is 9.14. The molecule has 2 unspecified atom stereocenters. The van der Waals surface area contributed by atoms with Crippen LogP contribution in [0.1, 0.15) is 63.5 Å². The van der Waals surface area contributed by atoms with Gasteiger partial charge >= 0.3 is 12.1 Å². The normalized spacial score (nSPS) is 14.1. The Hall–Kier alpha value is -3.35. The maximum Gasteiger partial charge on any atom is 0.407 e. The van der Waals surface area contributed by atoms with Gasteiger partial charge in [0.2, 0.25) is 5.91 Å². The van der Waals surface area contributed by atoms with E-state index in [2.05, 4.69) is 22.8 Å². The van der Waals surface area contributed by atoms with Crippen molar-refractivity contribution in [2.45, 2.75) is 64.5 Å². The zero-order valence-corrected chi connectivity index (χ0v) is 20.0. The quantitative estimate of drug-likeness (QED) is 0.445. The lowest BCUT2D eigenvalue weighted by Gasteiger charge is -2.25. The molecule has 0 fully saturated rings. The Morgan fingerprint density at radius 3 is 2.09 bits per heavy atom. The minimum absolute atomic E-state index is 0.0709. The number of fused-ring (bicyclic) bond motifs is 3. The summed E-state index contributed by atoms with van der Waals surface area (Å²) in [5.41, 5.74) is 4.51. The number of aliphatic carboxylic acids is 1. The summed E-state index contributed by atoms with van der Waals surface area (Å²) in [4.78, 5) is 36.7. The van der Waals surface area contributed by atoms with Crippen molar-refractivity contribution in [1.29, 1.82) is 0 Å². The lowest BCUT2D eigenvalue weighted by Crippen LogP contribution is -2.52. The predicted octanol–water partition coefficient (Wildman–Crippen LogP) is 4.70. The third kappa shape index (κ3) is 6.16. The highest BCUT2D eigenvalue weighted by Gasteiger charge is 2.31. The summed E-state index contributed by atoms with van der Waals surface area (Å²) in [7, 11) is 0. The number of carbonyl (C=O) groups excluding carboxylic acids is 2. The topological polar surface area (TPSA) is 105 Å². The van der Waals surface area contributed by atoms with Gasteiger partial charge in [-0.2, -0.15) is 0 Å². The molecule has 34 heavy (non-hydrogen) atoms. The maximum absolute atomic E-state index is 12.9. The molecule has 0 bridgehead atoms. The molecule has 182 valence electrons. The number of alkyl carbamates (subject to hydrolysis) is 1. The number of amides is 2. The fourth-order valence-corrected chi connectivity index (χ4v) is 4.48. The van der Waals surface area contributed by atoms with E-state index in [9.17, 15) is 14.4 Å². The molecule has 0 heterocycles. The Morgan fingerprint density at radius 1 is 0.971 bits per heavy atom. The zero-order chi connectivity index (χ0) is 24.7. The summed E-state index contributed by atoms with van der Waals surface area (Å²) in [5, 5.41) is 14.6. The Morgan fingerprint density at radius 2 is 1.56 bits per heavy atom. The Balaban J connectivity index is 1.63. The first-order valence-electron chi connectivity index (χ1n) is 12.0. The van der Waals surface area contributed by atoms with E-state index in [-0.39, 0.29) is 24.9 Å². The highest BCUT2D eigenvalue weighted by atomic mass is 16.5. The van der Waals surface area contributed by atoms with Crippen molar-refractivity contribution in [2.75, 3.05) is 6.61 Å². The molecule has 0 saturated carbocycles. The van der Waals surface area contributed by atoms with Gasteiger partial charge in [0, 0.05) is 12.0 Å². The molecule has 1 aliphatic rings. The number of nitrogens with one attached hydrogen (secondary N) is 2. The number of unbranched alkanes of at least 4 members (excludes halogenated alkanes) is 1. The number of rotatable bonds is 11. The lowest BCUT2D eigenvalue weighted by atomic mass is 9.98. The largest absolute Gasteiger partial charge is 0.481 e. The van der Waals surface area contributed by atoms with Crippen molar-refractivity contribution in [2.24, 2.45) is 5.92 Å². The molecule has 7 nitrogen and oxygen atoms in total. The number of hydrogen-bond acceptors (Lipinski definition) is 4. The smallest absolute Gasteiger partial charge is 0.407 e. The number of benzene rings is 2. The van der Waals surface area contributed by atoms with Crippen LogP contribution in [0.2, 0.25) is 0 Å². The van der Waals surface area contributed by atoms with Crippen LogP contribution in [0.4, 0.5) is 4.79 Å². The molecule has 0 radical (unpaired) electrons. The maximum atomic E-state index is 12.9. The summed E-state index contributed by atoms with van der Waals surface area (Å²) >= 11 is 0. The van der Waals surface area contributed by atoms with E-state index in [1.165, 1.54) is 0 Å². The molecule has 2 atom stereocenters. The lowest BCUT2D eigenvalue weighted by molar-refractivity contribution is -0.137. The van der Waals surface area contributed by atoms with Gasteiger partial charge in [-0.05, 0) is 34.6 Å². The van der Waals surface area contributed by atoms with E-state index >= 15 is 0 Å². The van der Waals surface area contributed by atoms with Crippen LogP contribution in [-0.4, -0.2) is 41.8 Å². The second-order valence-electron chi connectivity index (χ2n) is 9.14. The van der Waals surface area contributed by atoms with E-state index in [4.69, 9.17) is 9.84 Å². The number of carboxylic acid groups (broad SMARTS) is 1. The molecular formula is C27H34N2O5. The van der Waals surface area contributed by atoms with Gasteiger partial charge < -0.3 is 20.5 Å². The van der Waals surface area contributed by atoms with Gasteiger partial charge in [-0.3, -0.25) is 9.59 Å². The van der Waals surface area contributed by atoms with Crippen molar-refractivity contribution >= 4 is 18.0 Å². The van der Waals surface area contributed by atoms with Crippen molar-refractivity contribution in [1.82, 2.24) is 10.6 Å². The fourth-order valence-electron chi connectivity index (χ4n) is 4.48. The van der Waals surface area contributed by atoms with Gasteiger partial charge in [-0.25, -0.2) is 4.79 Å². The minimum Gasteiger partial charge on any atom is -0.481 e. The van der Waals surface area contributed by atoms with E-state index in [0.717, 1.165) is 35.1 Å². The molecule has 0 aromatic heterocycles. The van der Waals surface area contributed by atoms with Gasteiger partial charge in [0.1, 0.15) is 12.6 Å². The minimum atomic E-state index is -0.966. The molecule has 2 aromatic carbocycles. The van der Waals surface area contributed by atoms with Crippen molar-refractivity contribution in [3.8, 4) is 11.1 Å². The van der Waals surface area contributed by atoms with Gasteiger partial charge in [-0.1, -0.05) is 82.1 Å². The average molecular weight is 467 g/mol. The molecule has 2 aromatic rings. The monoisotopic (exact) mass is 466 g/mol. The molecule has 0 aliphatic heterocycles. The summed E-state index contributed by atoms with van der Waals surface area (Å²) in [6, 6.07) is 14.9. The SMILES string of the molecule is CCCCC(CC(=O)O)NC(=O)C(NC(=O)OCC1c2ccccc2-c2ccccc21)C(C)C. The molecule has 1 aliphatic carbocycles. The Labute approximate surface area is 200 Å². The molecule has 3 rings (SSSR count). The molecule has 0 saturated heterocycles. The standard InChI is InChI=1S/C27H34N2O5/c1-4-5-10-18(15-24(30)31)28-26(32)25(17(2)3)29-27(33)34-16-23-21-13-8-6-11-19(21)20-12-7-9-14-22(20)23/h6-9,11-14,17-18,23,25H,4-5,10,15-16H2,1-3H3,(H,28,32)(H,29,33)(H,30,31). The van der Waals surface area contributed by atoms with Crippen LogP contribution in [0, 0.1) is 5.92 Å². The predicted molar refractivity (Wildman–Crippen MR) is 131 cm³/mol. The fraction of sp³-hybridized carbons (Fsp3) is 0.444. The first kappa shape index (κ1) is 25.3. The first-order valence-corrected chi connectivity index (χ1v) is 12.0. The van der Waals surface area contributed by atoms with Gasteiger partial charge in [0.15, 0.2) is 0 Å². The first-order chi connectivity index (χ1) is 16.3. The highest BCUT2D eigenvalue weighted by Crippen LogP contribution is 2.44. The van der Waals surface area contributed by atoms with E-state index in [0.29, 0.717) is 6.42 Å². The van der Waals surface area contributed by atoms with Crippen LogP contribution in [0.3, 0.4) is 0 Å². The molecular weight excluding hydrogens is 432 g/mol. The summed E-state index contributed by atoms with van der Waals surface area (Å²) in [6.45, 7) is 5.82. The average Bonchev–Trinajstić information content (AvgIpc) is 3.12. The number of carbonyl (C=O) groups is 3. The summed E-state index contributed by atoms with van der Waals surface area (Å²) < 4.78 is 5.58. The van der Waals surface area contributed by atoms with E-state index < -0.39 is 30.1 Å². The third-order valence-corrected chi connectivity index (χ3v) is 6.24. The van der Waals surface area contributed by atoms with Crippen LogP contribution in [0.15, 0.2) is 48.5 Å². The summed E-state index contributed by atoms with van der Waals surface area (Å²) in [6.07, 6.45) is 1.47. The number of carboxylic acids is 1. The van der Waals surface area contributed by atoms with Gasteiger partial charge in [0.25, 0.3) is 0 Å². The van der Waals surface area contributed by atoms with Crippen molar-refractivity contribution in [3.63, 3.8) is 0 Å². The number of hydrogen-bond donors (Lipinski definition) is 3. The van der Waals surface area contributed by atoms with Gasteiger partial charge in [0.05, 0.1) is 6.42 Å². The van der Waals surface area contributed by atoms with Crippen molar-refractivity contribution in [3.05, 3.63) is 59.7 Å². The highest BCUT2D eigenvalue weighted by molar-refractivity contribution is 5.86. The molecule has 2 amide bonds. The van der Waals surface area contributed by atoms with Crippen LogP contribution in [0.25, 0.3) is 11.1 Å². The number of ether oxygens (including phenoxy) is 1. The van der Waals surface area contributed by atoms with Crippen LogP contribution in [-0.2, 0) is 14.3 Å². The van der Waals surface area contributed by atoms with Gasteiger partial charge in [-0.15, -0.1) is 0 Å². The molecule has 3 N–H and O–H groups in total. The van der Waals surface area contributed by atoms with Crippen LogP contribution in [0.5, 0.6) is 0 Å². The molecule has 0 spiro atoms. The van der Waals surface area contributed by atoms with E-state index in [1.807, 2.05) is 57.2 Å².